The molecule has 4 aliphatic rings. The van der Waals surface area contributed by atoms with E-state index in [0.29, 0.717) is 60.7 Å². The molecular formula is C49H37Br2Cl2F3N4O8. The van der Waals surface area contributed by atoms with Crippen LogP contribution in [0.3, 0.4) is 0 Å². The number of aromatic hydroxyl groups is 1. The summed E-state index contributed by atoms with van der Waals surface area (Å²) in [5.74, 6) is -6.91. The van der Waals surface area contributed by atoms with Crippen molar-refractivity contribution in [3.05, 3.63) is 144 Å². The van der Waals surface area contributed by atoms with Gasteiger partial charge in [0.05, 0.1) is 65.2 Å². The Morgan fingerprint density at radius 3 is 2.19 bits per heavy atom. The summed E-state index contributed by atoms with van der Waals surface area (Å²) in [7, 11) is 4.48. The van der Waals surface area contributed by atoms with Gasteiger partial charge >= 0.3 is 6.18 Å². The van der Waals surface area contributed by atoms with Crippen LogP contribution in [0.2, 0.25) is 10.0 Å². The fourth-order valence-corrected chi connectivity index (χ4v) is 11.5. The van der Waals surface area contributed by atoms with E-state index in [0.717, 1.165) is 11.1 Å². The quantitative estimate of drug-likeness (QED) is 0.0787. The van der Waals surface area contributed by atoms with E-state index in [4.69, 9.17) is 37.4 Å². The molecule has 12 nitrogen and oxygen atoms in total. The Balaban J connectivity index is 1.15. The molecule has 1 saturated carbocycles. The number of phenolic OH excluding ortho intramolecular Hbond substituents is 1. The largest absolute Gasteiger partial charge is 0.503 e. The summed E-state index contributed by atoms with van der Waals surface area (Å²) in [4.78, 5) is 65.3. The number of allylic oxidation sites excluding steroid dienone is 2. The number of nitrogens with one attached hydrogen (secondary N) is 1. The normalized spacial score (nSPS) is 23.4. The SMILES string of the molecule is COc1ccc(OC)c(C=Cc2ccc(N3C(=O)[C@H]4[C@H](CC=C5[C@H]4C[C@H]4C(=O)N(Nc6ncc(C(F)(F)F)cc6Cl)C(=O)[C@@]4(c4ccc(Cl)cc4)[C@H]5c4cc(OC)c(O)c(Br)c4Br)C3=O)cc2)c1. The smallest absolute Gasteiger partial charge is 0.417 e. The molecule has 0 spiro atoms. The molecule has 9 rings (SSSR count). The van der Waals surface area contributed by atoms with Crippen molar-refractivity contribution in [3.63, 3.8) is 0 Å². The lowest BCUT2D eigenvalue weighted by Gasteiger charge is -2.51. The number of benzene rings is 4. The molecule has 19 heteroatoms. The van der Waals surface area contributed by atoms with Crippen LogP contribution in [0.15, 0.2) is 106 Å². The Labute approximate surface area is 413 Å². The zero-order valence-corrected chi connectivity index (χ0v) is 40.6. The number of imide groups is 2. The van der Waals surface area contributed by atoms with E-state index in [-0.39, 0.29) is 28.8 Å². The number of rotatable bonds is 10. The first-order valence-corrected chi connectivity index (χ1v) is 23.2. The molecule has 0 unspecified atom stereocenters. The summed E-state index contributed by atoms with van der Waals surface area (Å²) in [5.41, 5.74) is 2.80. The number of hydrazine groups is 1. The van der Waals surface area contributed by atoms with Crippen molar-refractivity contribution in [1.29, 1.82) is 0 Å². The van der Waals surface area contributed by atoms with Gasteiger partial charge in [0.2, 0.25) is 11.8 Å². The standard InChI is InChI=1S/C49H37Br2Cl2F3N4O8/c1-66-29-14-17-36(67-2)24(18-29)7-4-23-5-12-28(13-6-23)59-44(62)31-16-15-30-32(38(31)46(59)64)20-34-45(63)60(58-43-35(53)19-26(22-57-43)49(54,55)56)47(65)48(34,25-8-10-27(52)11-9-25)39(30)33-21-37(68-3)42(61)41(51)40(33)50/h4-15,17-19,21-22,31-32,34,38-39,61H,16,20H2,1-3H3,(H,57,58)/t31-,32+,34-,38-,39+,48+/m0/s1. The molecule has 2 N–H and O–H groups in total. The molecule has 68 heavy (non-hydrogen) atoms. The topological polar surface area (TPSA) is 148 Å². The number of fused-ring (bicyclic) bond motifs is 4. The second-order valence-electron chi connectivity index (χ2n) is 16.6. The Hall–Kier alpha value is -5.88. The Morgan fingerprint density at radius 2 is 1.54 bits per heavy atom. The fourth-order valence-electron chi connectivity index (χ4n) is 10.2. The molecule has 4 amide bonds. The molecule has 4 aromatic carbocycles. The molecular weight excluding hydrogens is 1060 g/mol. The summed E-state index contributed by atoms with van der Waals surface area (Å²) in [6.07, 6.45) is 1.29. The Kier molecular flexibility index (Phi) is 12.4. The van der Waals surface area contributed by atoms with Crippen molar-refractivity contribution in [1.82, 2.24) is 9.99 Å². The van der Waals surface area contributed by atoms with Crippen LogP contribution in [0, 0.1) is 23.7 Å². The minimum absolute atomic E-state index is 0.0148. The van der Waals surface area contributed by atoms with Crippen molar-refractivity contribution < 1.29 is 51.7 Å². The van der Waals surface area contributed by atoms with Crippen molar-refractivity contribution in [2.24, 2.45) is 23.7 Å². The maximum Gasteiger partial charge on any atom is 0.417 e. The number of amides is 4. The van der Waals surface area contributed by atoms with Crippen molar-refractivity contribution >= 4 is 102 Å². The van der Waals surface area contributed by atoms with Gasteiger partial charge in [-0.3, -0.25) is 29.5 Å². The molecule has 1 aromatic heterocycles. The minimum atomic E-state index is -4.79. The number of carbonyl (C=O) groups is 4. The second kappa shape index (κ2) is 17.9. The van der Waals surface area contributed by atoms with Gasteiger partial charge < -0.3 is 19.3 Å². The van der Waals surface area contributed by atoms with E-state index in [9.17, 15) is 27.9 Å². The molecule has 5 aromatic rings. The van der Waals surface area contributed by atoms with E-state index in [1.165, 1.54) is 18.1 Å². The van der Waals surface area contributed by atoms with Crippen molar-refractivity contribution in [3.8, 4) is 23.0 Å². The first kappa shape index (κ1) is 47.2. The highest BCUT2D eigenvalue weighted by Gasteiger charge is 2.71. The monoisotopic (exact) mass is 1090 g/mol. The maximum atomic E-state index is 15.6. The fraction of sp³-hybridized carbons (Fsp3) is 0.245. The number of hydrogen-bond acceptors (Lipinski definition) is 10. The number of alkyl halides is 3. The zero-order chi connectivity index (χ0) is 48.6. The van der Waals surface area contributed by atoms with Crippen LogP contribution in [0.4, 0.5) is 24.7 Å². The van der Waals surface area contributed by atoms with E-state index in [1.807, 2.05) is 24.3 Å². The van der Waals surface area contributed by atoms with Gasteiger partial charge in [0.1, 0.15) is 11.5 Å². The number of pyridine rings is 1. The van der Waals surface area contributed by atoms with Gasteiger partial charge in [0.25, 0.3) is 11.8 Å². The number of aromatic nitrogens is 1. The number of phenols is 1. The molecule has 2 aliphatic heterocycles. The number of carbonyl (C=O) groups excluding carboxylic acids is 4. The van der Waals surface area contributed by atoms with Crippen LogP contribution in [0.1, 0.15) is 46.6 Å². The zero-order valence-electron chi connectivity index (χ0n) is 35.9. The Bertz CT molecular complexity index is 2990. The van der Waals surface area contributed by atoms with Gasteiger partial charge in [-0.1, -0.05) is 71.3 Å². The number of hydrogen-bond donors (Lipinski definition) is 2. The number of anilines is 2. The third-order valence-corrected chi connectivity index (χ3v) is 16.0. The van der Waals surface area contributed by atoms with Crippen LogP contribution in [-0.4, -0.2) is 60.1 Å². The Morgan fingerprint density at radius 1 is 0.838 bits per heavy atom. The minimum Gasteiger partial charge on any atom is -0.503 e. The predicted octanol–water partition coefficient (Wildman–Crippen LogP) is 11.0. The highest BCUT2D eigenvalue weighted by molar-refractivity contribution is 9.13. The molecule has 2 aliphatic carbocycles. The van der Waals surface area contributed by atoms with Crippen LogP contribution in [-0.2, 0) is 30.8 Å². The molecule has 2 saturated heterocycles. The van der Waals surface area contributed by atoms with Gasteiger partial charge in [-0.25, -0.2) is 4.98 Å². The average Bonchev–Trinajstić information content (AvgIpc) is 3.71. The third-order valence-electron chi connectivity index (χ3n) is 13.3. The molecule has 0 radical (unpaired) electrons. The van der Waals surface area contributed by atoms with Crippen molar-refractivity contribution in [2.75, 3.05) is 31.7 Å². The first-order valence-electron chi connectivity index (χ1n) is 20.9. The van der Waals surface area contributed by atoms with E-state index in [1.54, 1.807) is 74.9 Å². The van der Waals surface area contributed by atoms with E-state index < -0.39 is 81.2 Å². The number of methoxy groups -OCH3 is 3. The summed E-state index contributed by atoms with van der Waals surface area (Å²) in [6, 6.07) is 20.8. The van der Waals surface area contributed by atoms with Crippen LogP contribution < -0.4 is 24.5 Å². The van der Waals surface area contributed by atoms with Crippen LogP contribution in [0.25, 0.3) is 12.2 Å². The average molecular weight is 1100 g/mol. The first-order chi connectivity index (χ1) is 32.4. The summed E-state index contributed by atoms with van der Waals surface area (Å²) < 4.78 is 57.9. The number of ether oxygens (including phenoxy) is 3. The van der Waals surface area contributed by atoms with Crippen LogP contribution >= 0.6 is 55.1 Å². The number of nitrogens with zero attached hydrogens (tertiary/aromatic N) is 3. The highest BCUT2D eigenvalue weighted by atomic mass is 79.9. The lowest BCUT2D eigenvalue weighted by atomic mass is 9.49. The predicted molar refractivity (Wildman–Crippen MR) is 254 cm³/mol. The van der Waals surface area contributed by atoms with Crippen LogP contribution in [0.5, 0.6) is 23.0 Å². The lowest BCUT2D eigenvalue weighted by molar-refractivity contribution is -0.139. The van der Waals surface area contributed by atoms with Gasteiger partial charge in [0.15, 0.2) is 17.3 Å². The molecule has 350 valence electrons. The van der Waals surface area contributed by atoms with Gasteiger partial charge in [-0.2, -0.15) is 18.2 Å². The molecule has 3 heterocycles. The van der Waals surface area contributed by atoms with E-state index >= 15 is 9.59 Å². The lowest BCUT2D eigenvalue weighted by Crippen LogP contribution is -2.53. The summed E-state index contributed by atoms with van der Waals surface area (Å²) in [5, 5.41) is 11.6. The van der Waals surface area contributed by atoms with E-state index in [2.05, 4.69) is 42.3 Å². The number of halogens is 7. The summed E-state index contributed by atoms with van der Waals surface area (Å²) in [6.45, 7) is 0. The molecule has 3 fully saturated rings. The van der Waals surface area contributed by atoms with Gasteiger partial charge in [-0.05, 0) is 122 Å². The highest BCUT2D eigenvalue weighted by Crippen LogP contribution is 2.66. The summed E-state index contributed by atoms with van der Waals surface area (Å²) >= 11 is 19.9. The molecule has 6 atom stereocenters. The maximum absolute atomic E-state index is 15.6. The van der Waals surface area contributed by atoms with Gasteiger partial charge in [0, 0.05) is 27.2 Å². The van der Waals surface area contributed by atoms with Crippen molar-refractivity contribution in [2.45, 2.75) is 30.4 Å². The van der Waals surface area contributed by atoms with Gasteiger partial charge in [-0.15, -0.1) is 0 Å². The second-order valence-corrected chi connectivity index (χ2v) is 19.0. The third kappa shape index (κ3) is 7.61. The molecule has 0 bridgehead atoms.